The third-order valence-electron chi connectivity index (χ3n) is 2.99. The summed E-state index contributed by atoms with van der Waals surface area (Å²) in [5, 5.41) is 9.46. The summed E-state index contributed by atoms with van der Waals surface area (Å²) < 4.78 is 13.8. The number of benzene rings is 1. The largest absolute Gasteiger partial charge is 0.389 e. The van der Waals surface area contributed by atoms with Gasteiger partial charge in [-0.1, -0.05) is 18.2 Å². The topological polar surface area (TPSA) is 36.4 Å². The number of aromatic nitrogens is 1. The molecule has 0 aliphatic carbocycles. The van der Waals surface area contributed by atoms with Crippen LogP contribution in [-0.2, 0) is 0 Å². The second-order valence-corrected chi connectivity index (χ2v) is 4.32. The van der Waals surface area contributed by atoms with Crippen LogP contribution in [0, 0.1) is 5.82 Å². The molecule has 1 N–H and O–H groups in total. The van der Waals surface area contributed by atoms with Gasteiger partial charge in [-0.25, -0.2) is 9.37 Å². The van der Waals surface area contributed by atoms with E-state index in [1.54, 1.807) is 48.4 Å². The fraction of sp³-hybridized carbons (Fsp3) is 0.267. The molecule has 0 aliphatic rings. The van der Waals surface area contributed by atoms with Crippen LogP contribution in [-0.4, -0.2) is 16.6 Å². The number of hydrogen-bond acceptors (Lipinski definition) is 3. The maximum Gasteiger partial charge on any atom is 0.146 e. The molecule has 0 aliphatic heterocycles. The first-order valence-electron chi connectivity index (χ1n) is 6.29. The van der Waals surface area contributed by atoms with E-state index < -0.39 is 6.10 Å². The quantitative estimate of drug-likeness (QED) is 0.915. The van der Waals surface area contributed by atoms with Crippen LogP contribution in [0.1, 0.15) is 25.5 Å². The Morgan fingerprint density at radius 2 is 2.00 bits per heavy atom. The van der Waals surface area contributed by atoms with Gasteiger partial charge in [0.25, 0.3) is 0 Å². The summed E-state index contributed by atoms with van der Waals surface area (Å²) in [4.78, 5) is 6.08. The fourth-order valence-electron chi connectivity index (χ4n) is 1.93. The lowest BCUT2D eigenvalue weighted by Gasteiger charge is -2.22. The summed E-state index contributed by atoms with van der Waals surface area (Å²) in [7, 11) is 0. The minimum absolute atomic E-state index is 0.272. The minimum atomic E-state index is -0.551. The second-order valence-electron chi connectivity index (χ2n) is 4.32. The molecule has 0 bridgehead atoms. The van der Waals surface area contributed by atoms with E-state index in [1.165, 1.54) is 6.07 Å². The maximum absolute atomic E-state index is 13.8. The predicted molar refractivity (Wildman–Crippen MR) is 74.0 cm³/mol. The van der Waals surface area contributed by atoms with Gasteiger partial charge in [-0.05, 0) is 37.6 Å². The molecule has 0 spiro atoms. The summed E-state index contributed by atoms with van der Waals surface area (Å²) in [6.07, 6.45) is 1.06. The van der Waals surface area contributed by atoms with Crippen LogP contribution in [0.2, 0.25) is 0 Å². The van der Waals surface area contributed by atoms with Gasteiger partial charge < -0.3 is 10.0 Å². The molecule has 0 radical (unpaired) electrons. The molecule has 1 unspecified atom stereocenters. The molecule has 4 heteroatoms. The molecule has 2 aromatic rings. The molecule has 1 atom stereocenters. The number of nitrogens with zero attached hydrogens (tertiary/aromatic N) is 2. The van der Waals surface area contributed by atoms with Crippen molar-refractivity contribution in [2.45, 2.75) is 20.0 Å². The zero-order valence-corrected chi connectivity index (χ0v) is 11.0. The Balaban J connectivity index is 2.35. The van der Waals surface area contributed by atoms with E-state index in [0.29, 0.717) is 18.1 Å². The Bertz CT molecular complexity index is 540. The van der Waals surface area contributed by atoms with Crippen molar-refractivity contribution in [3.05, 3.63) is 54.0 Å². The van der Waals surface area contributed by atoms with Crippen LogP contribution in [0.4, 0.5) is 15.9 Å². The van der Waals surface area contributed by atoms with Gasteiger partial charge in [0.2, 0.25) is 0 Å². The van der Waals surface area contributed by atoms with Crippen LogP contribution in [0.3, 0.4) is 0 Å². The average Bonchev–Trinajstić information content (AvgIpc) is 2.42. The molecule has 1 aromatic heterocycles. The fourth-order valence-corrected chi connectivity index (χ4v) is 1.93. The molecule has 19 heavy (non-hydrogen) atoms. The number of halogens is 1. The molecule has 1 heterocycles. The highest BCUT2D eigenvalue weighted by atomic mass is 19.1. The zero-order chi connectivity index (χ0) is 13.8. The van der Waals surface area contributed by atoms with Crippen molar-refractivity contribution in [3.8, 4) is 0 Å². The molecule has 0 saturated heterocycles. The van der Waals surface area contributed by atoms with Crippen LogP contribution in [0.15, 0.2) is 42.6 Å². The Morgan fingerprint density at radius 1 is 1.26 bits per heavy atom. The molecule has 2 rings (SSSR count). The molecule has 0 amide bonds. The van der Waals surface area contributed by atoms with E-state index >= 15 is 0 Å². The molecule has 1 aromatic carbocycles. The lowest BCUT2D eigenvalue weighted by Crippen LogP contribution is -2.18. The summed E-state index contributed by atoms with van der Waals surface area (Å²) in [6, 6.07) is 10.2. The van der Waals surface area contributed by atoms with Crippen molar-refractivity contribution in [2.24, 2.45) is 0 Å². The SMILES string of the molecule is CCN(c1ccc(C(C)O)cn1)c1ccccc1F. The number of rotatable bonds is 4. The molecule has 0 saturated carbocycles. The van der Waals surface area contributed by atoms with Crippen molar-refractivity contribution in [1.82, 2.24) is 4.98 Å². The number of aliphatic hydroxyl groups excluding tert-OH is 1. The van der Waals surface area contributed by atoms with Crippen LogP contribution in [0.5, 0.6) is 0 Å². The Labute approximate surface area is 112 Å². The van der Waals surface area contributed by atoms with Crippen molar-refractivity contribution >= 4 is 11.5 Å². The Kier molecular flexibility index (Phi) is 4.12. The third kappa shape index (κ3) is 2.90. The van der Waals surface area contributed by atoms with E-state index in [2.05, 4.69) is 4.98 Å². The highest BCUT2D eigenvalue weighted by Gasteiger charge is 2.13. The average molecular weight is 260 g/mol. The van der Waals surface area contributed by atoms with Crippen molar-refractivity contribution in [3.63, 3.8) is 0 Å². The Morgan fingerprint density at radius 3 is 2.53 bits per heavy atom. The van der Waals surface area contributed by atoms with E-state index in [1.807, 2.05) is 6.92 Å². The number of para-hydroxylation sites is 1. The van der Waals surface area contributed by atoms with Crippen LogP contribution in [0.25, 0.3) is 0 Å². The van der Waals surface area contributed by atoms with Gasteiger partial charge in [-0.2, -0.15) is 0 Å². The predicted octanol–water partition coefficient (Wildman–Crippen LogP) is 3.43. The van der Waals surface area contributed by atoms with Gasteiger partial charge in [-0.3, -0.25) is 0 Å². The highest BCUT2D eigenvalue weighted by molar-refractivity contribution is 5.60. The number of pyridine rings is 1. The summed E-state index contributed by atoms with van der Waals surface area (Å²) >= 11 is 0. The van der Waals surface area contributed by atoms with Gasteiger partial charge in [0.15, 0.2) is 0 Å². The molecular weight excluding hydrogens is 243 g/mol. The van der Waals surface area contributed by atoms with Crippen LogP contribution >= 0.6 is 0 Å². The van der Waals surface area contributed by atoms with Crippen molar-refractivity contribution < 1.29 is 9.50 Å². The molecule has 0 fully saturated rings. The first-order valence-corrected chi connectivity index (χ1v) is 6.29. The van der Waals surface area contributed by atoms with Crippen molar-refractivity contribution in [2.75, 3.05) is 11.4 Å². The van der Waals surface area contributed by atoms with E-state index in [4.69, 9.17) is 0 Å². The Hall–Kier alpha value is -1.94. The van der Waals surface area contributed by atoms with Gasteiger partial charge in [0.1, 0.15) is 11.6 Å². The van der Waals surface area contributed by atoms with Crippen LogP contribution < -0.4 is 4.90 Å². The van der Waals surface area contributed by atoms with E-state index in [0.717, 1.165) is 5.56 Å². The monoisotopic (exact) mass is 260 g/mol. The first kappa shape index (κ1) is 13.5. The zero-order valence-electron chi connectivity index (χ0n) is 11.0. The smallest absolute Gasteiger partial charge is 0.146 e. The standard InChI is InChI=1S/C15H17FN2O/c1-3-18(14-7-5-4-6-13(14)16)15-9-8-12(10-17-15)11(2)19/h4-11,19H,3H2,1-2H3. The number of hydrogen-bond donors (Lipinski definition) is 1. The van der Waals surface area contributed by atoms with Gasteiger partial charge >= 0.3 is 0 Å². The lowest BCUT2D eigenvalue weighted by molar-refractivity contribution is 0.199. The van der Waals surface area contributed by atoms with E-state index in [-0.39, 0.29) is 5.82 Å². The molecule has 3 nitrogen and oxygen atoms in total. The summed E-state index contributed by atoms with van der Waals surface area (Å²) in [5.74, 6) is 0.391. The maximum atomic E-state index is 13.8. The van der Waals surface area contributed by atoms with Gasteiger partial charge in [-0.15, -0.1) is 0 Å². The number of aliphatic hydroxyl groups is 1. The highest BCUT2D eigenvalue weighted by Crippen LogP contribution is 2.26. The van der Waals surface area contributed by atoms with Gasteiger partial charge in [0.05, 0.1) is 11.8 Å². The molecule has 100 valence electrons. The lowest BCUT2D eigenvalue weighted by atomic mass is 10.2. The minimum Gasteiger partial charge on any atom is -0.389 e. The van der Waals surface area contributed by atoms with Gasteiger partial charge in [0, 0.05) is 12.7 Å². The number of anilines is 2. The third-order valence-corrected chi connectivity index (χ3v) is 2.99. The first-order chi connectivity index (χ1) is 9.13. The molecular formula is C15H17FN2O. The normalized spacial score (nSPS) is 12.2. The second kappa shape index (κ2) is 5.80. The van der Waals surface area contributed by atoms with E-state index in [9.17, 15) is 9.50 Å². The summed E-state index contributed by atoms with van der Waals surface area (Å²) in [5.41, 5.74) is 1.25. The summed E-state index contributed by atoms with van der Waals surface area (Å²) in [6.45, 7) is 4.24. The van der Waals surface area contributed by atoms with Crippen molar-refractivity contribution in [1.29, 1.82) is 0 Å².